The Hall–Kier alpha value is -3.43. The van der Waals surface area contributed by atoms with E-state index in [-0.39, 0.29) is 23.7 Å². The Bertz CT molecular complexity index is 1330. The van der Waals surface area contributed by atoms with Crippen LogP contribution < -0.4 is 15.4 Å². The van der Waals surface area contributed by atoms with Gasteiger partial charge in [-0.2, -0.15) is 0 Å². The van der Waals surface area contributed by atoms with Crippen LogP contribution in [0.5, 0.6) is 5.75 Å². The third-order valence-corrected chi connectivity index (χ3v) is 9.23. The first-order chi connectivity index (χ1) is 19.3. The molecule has 0 saturated carbocycles. The maximum Gasteiger partial charge on any atom is 0.251 e. The van der Waals surface area contributed by atoms with Crippen LogP contribution in [0.4, 0.5) is 0 Å². The van der Waals surface area contributed by atoms with E-state index in [1.807, 2.05) is 0 Å². The Kier molecular flexibility index (Phi) is 7.04. The zero-order chi connectivity index (χ0) is 28.0. The van der Waals surface area contributed by atoms with Gasteiger partial charge < -0.3 is 25.2 Å². The van der Waals surface area contributed by atoms with E-state index in [1.54, 1.807) is 30.2 Å². The number of carbonyl (C=O) groups excluding carboxylic acids is 2. The molecule has 1 fully saturated rings. The number of benzene rings is 2. The zero-order valence-corrected chi connectivity index (χ0v) is 23.2. The van der Waals surface area contributed by atoms with Crippen LogP contribution >= 0.6 is 0 Å². The highest BCUT2D eigenvalue weighted by molar-refractivity contribution is 6.00. The number of amides is 2. The topological polar surface area (TPSA) is 124 Å². The molecule has 1 aliphatic carbocycles. The van der Waals surface area contributed by atoms with E-state index in [1.165, 1.54) is 5.56 Å². The maximum atomic E-state index is 13.9. The fourth-order valence-electron chi connectivity index (χ4n) is 7.00. The molecule has 4 heterocycles. The zero-order valence-electron chi connectivity index (χ0n) is 23.2. The molecule has 6 bridgehead atoms. The van der Waals surface area contributed by atoms with Crippen LogP contribution in [0.25, 0.3) is 0 Å². The summed E-state index contributed by atoms with van der Waals surface area (Å²) in [5.41, 5.74) is 3.85. The Balaban J connectivity index is 1.44. The second kappa shape index (κ2) is 10.5. The largest absolute Gasteiger partial charge is 0.493 e. The van der Waals surface area contributed by atoms with Gasteiger partial charge in [0.1, 0.15) is 5.75 Å². The van der Waals surface area contributed by atoms with Gasteiger partial charge in [-0.05, 0) is 60.6 Å². The van der Waals surface area contributed by atoms with Gasteiger partial charge in [0.25, 0.3) is 5.91 Å². The standard InChI is InChI=1S/C31H38N4O5/c1-3-31-11-5-4-6-18-7-8-19-14-24(36)27(22(19)12-18)33-29(38)20-9-10-25-23(13-20)28(21(16-39-2)17-40-25)35(26(37)15-31)30(32)34-31/h7-10,12-13,21,24,27-28,36H,3-6,11,14-17H2,1-2H3,(H2,32,34)(H,33,38)/t21-,24+,27+,28+,31+/m0/s1. The molecular weight excluding hydrogens is 508 g/mol. The summed E-state index contributed by atoms with van der Waals surface area (Å²) in [6.45, 7) is 2.74. The number of fused-ring (bicyclic) bond motifs is 6. The molecule has 5 atom stereocenters. The molecule has 5 aliphatic rings. The average molecular weight is 547 g/mol. The Morgan fingerprint density at radius 1 is 1.18 bits per heavy atom. The van der Waals surface area contributed by atoms with Crippen LogP contribution in [-0.4, -0.2) is 59.7 Å². The SMILES string of the molecule is CC[C@]12CCCCc3ccc4c(c3)[C@@H](NC(=O)c3ccc5c(c3)[C@@H]([C@@H](COC)CO5)N(C(=N)N1)C(=O)C2)[C@H](O)C4. The van der Waals surface area contributed by atoms with Crippen molar-refractivity contribution in [1.82, 2.24) is 15.5 Å². The lowest BCUT2D eigenvalue weighted by atomic mass is 9.82. The summed E-state index contributed by atoms with van der Waals surface area (Å²) >= 11 is 0. The van der Waals surface area contributed by atoms with Crippen molar-refractivity contribution in [1.29, 1.82) is 5.41 Å². The monoisotopic (exact) mass is 546 g/mol. The molecule has 2 aromatic carbocycles. The third kappa shape index (κ3) is 4.65. The predicted octanol–water partition coefficient (Wildman–Crippen LogP) is 3.40. The first kappa shape index (κ1) is 26.8. The average Bonchev–Trinajstić information content (AvgIpc) is 3.25. The van der Waals surface area contributed by atoms with E-state index in [4.69, 9.17) is 14.9 Å². The van der Waals surface area contributed by atoms with Gasteiger partial charge in [0.2, 0.25) is 5.91 Å². The molecule has 1 saturated heterocycles. The summed E-state index contributed by atoms with van der Waals surface area (Å²) in [6.07, 6.45) is 4.36. The number of nitrogens with one attached hydrogen (secondary N) is 3. The van der Waals surface area contributed by atoms with Gasteiger partial charge in [-0.1, -0.05) is 31.5 Å². The number of aliphatic hydroxyl groups excluding tert-OH is 1. The molecule has 2 amide bonds. The van der Waals surface area contributed by atoms with Crippen molar-refractivity contribution in [3.05, 3.63) is 64.2 Å². The molecule has 7 rings (SSSR count). The smallest absolute Gasteiger partial charge is 0.251 e. The lowest BCUT2D eigenvalue weighted by Gasteiger charge is -2.48. The number of rotatable bonds is 3. The molecule has 9 nitrogen and oxygen atoms in total. The number of carbonyl (C=O) groups is 2. The molecular formula is C31H38N4O5. The first-order valence-electron chi connectivity index (χ1n) is 14.4. The number of hydrogen-bond acceptors (Lipinski definition) is 6. The molecule has 0 unspecified atom stereocenters. The van der Waals surface area contributed by atoms with E-state index in [9.17, 15) is 14.7 Å². The van der Waals surface area contributed by atoms with Crippen LogP contribution in [0.2, 0.25) is 0 Å². The Labute approximate surface area is 234 Å². The van der Waals surface area contributed by atoms with Gasteiger partial charge >= 0.3 is 0 Å². The van der Waals surface area contributed by atoms with Gasteiger partial charge in [-0.15, -0.1) is 0 Å². The molecule has 0 radical (unpaired) electrons. The number of ether oxygens (including phenoxy) is 2. The second-order valence-electron chi connectivity index (χ2n) is 11.7. The fraction of sp³-hybridized carbons (Fsp3) is 0.516. The Morgan fingerprint density at radius 3 is 2.80 bits per heavy atom. The molecule has 2 aromatic rings. The summed E-state index contributed by atoms with van der Waals surface area (Å²) in [5, 5.41) is 26.4. The van der Waals surface area contributed by atoms with Crippen molar-refractivity contribution in [3.8, 4) is 5.75 Å². The minimum Gasteiger partial charge on any atom is -0.493 e. The summed E-state index contributed by atoms with van der Waals surface area (Å²) in [6, 6.07) is 10.5. The summed E-state index contributed by atoms with van der Waals surface area (Å²) in [5.74, 6) is 0.0508. The fourth-order valence-corrected chi connectivity index (χ4v) is 7.00. The summed E-state index contributed by atoms with van der Waals surface area (Å²) in [7, 11) is 1.61. The minimum absolute atomic E-state index is 0.0855. The summed E-state index contributed by atoms with van der Waals surface area (Å²) < 4.78 is 11.6. The molecule has 0 spiro atoms. The number of aryl methyl sites for hydroxylation is 1. The molecule has 40 heavy (non-hydrogen) atoms. The van der Waals surface area contributed by atoms with Crippen LogP contribution in [-0.2, 0) is 22.4 Å². The van der Waals surface area contributed by atoms with Gasteiger partial charge in [-0.25, -0.2) is 0 Å². The highest BCUT2D eigenvalue weighted by atomic mass is 16.5. The summed E-state index contributed by atoms with van der Waals surface area (Å²) in [4.78, 5) is 29.0. The van der Waals surface area contributed by atoms with Crippen LogP contribution in [0.3, 0.4) is 0 Å². The third-order valence-electron chi connectivity index (χ3n) is 9.23. The van der Waals surface area contributed by atoms with Crippen molar-refractivity contribution < 1.29 is 24.2 Å². The number of guanidine groups is 1. The van der Waals surface area contributed by atoms with Crippen LogP contribution in [0.1, 0.15) is 83.7 Å². The van der Waals surface area contributed by atoms with E-state index >= 15 is 0 Å². The van der Waals surface area contributed by atoms with Gasteiger partial charge in [0, 0.05) is 36.1 Å². The quantitative estimate of drug-likeness (QED) is 0.468. The van der Waals surface area contributed by atoms with Crippen molar-refractivity contribution in [3.63, 3.8) is 0 Å². The van der Waals surface area contributed by atoms with Crippen LogP contribution in [0.15, 0.2) is 36.4 Å². The van der Waals surface area contributed by atoms with E-state index in [0.717, 1.165) is 43.2 Å². The number of nitrogens with zero attached hydrogens (tertiary/aromatic N) is 1. The van der Waals surface area contributed by atoms with E-state index in [2.05, 4.69) is 35.8 Å². The second-order valence-corrected chi connectivity index (χ2v) is 11.7. The van der Waals surface area contributed by atoms with Gasteiger partial charge in [0.05, 0.1) is 37.8 Å². The van der Waals surface area contributed by atoms with Crippen molar-refractivity contribution >= 4 is 17.8 Å². The normalized spacial score (nSPS) is 29.8. The first-order valence-corrected chi connectivity index (χ1v) is 14.4. The van der Waals surface area contributed by atoms with Crippen LogP contribution in [0, 0.1) is 11.3 Å². The van der Waals surface area contributed by atoms with E-state index in [0.29, 0.717) is 42.9 Å². The van der Waals surface area contributed by atoms with Crippen molar-refractivity contribution in [2.45, 2.75) is 75.6 Å². The highest BCUT2D eigenvalue weighted by Gasteiger charge is 2.47. The number of hydrogen-bond donors (Lipinski definition) is 4. The van der Waals surface area contributed by atoms with Gasteiger partial charge in [-0.3, -0.25) is 19.9 Å². The lowest BCUT2D eigenvalue weighted by molar-refractivity contribution is -0.135. The number of methoxy groups -OCH3 is 1. The molecule has 4 aliphatic heterocycles. The Morgan fingerprint density at radius 2 is 2.02 bits per heavy atom. The molecule has 9 heteroatoms. The minimum atomic E-state index is -0.699. The van der Waals surface area contributed by atoms with Crippen molar-refractivity contribution in [2.24, 2.45) is 5.92 Å². The highest BCUT2D eigenvalue weighted by Crippen LogP contribution is 2.43. The molecule has 212 valence electrons. The molecule has 4 N–H and O–H groups in total. The molecule has 0 aromatic heterocycles. The predicted molar refractivity (Wildman–Crippen MR) is 149 cm³/mol. The maximum absolute atomic E-state index is 13.9. The number of aliphatic hydroxyl groups is 1. The van der Waals surface area contributed by atoms with Gasteiger partial charge in [0.15, 0.2) is 5.96 Å². The van der Waals surface area contributed by atoms with E-state index < -0.39 is 23.7 Å². The van der Waals surface area contributed by atoms with Crippen molar-refractivity contribution in [2.75, 3.05) is 20.3 Å². The lowest BCUT2D eigenvalue weighted by Crippen LogP contribution is -2.64.